The van der Waals surface area contributed by atoms with Gasteiger partial charge in [-0.1, -0.05) is 6.92 Å². The Balaban J connectivity index is 1.88. The molecule has 84 valence electrons. The summed E-state index contributed by atoms with van der Waals surface area (Å²) in [5.41, 5.74) is 0. The molecule has 0 aromatic carbocycles. The van der Waals surface area contributed by atoms with Gasteiger partial charge in [-0.3, -0.25) is 0 Å². The van der Waals surface area contributed by atoms with Gasteiger partial charge in [0.2, 0.25) is 0 Å². The summed E-state index contributed by atoms with van der Waals surface area (Å²) < 4.78 is 5.52. The van der Waals surface area contributed by atoms with E-state index in [-0.39, 0.29) is 6.10 Å². The summed E-state index contributed by atoms with van der Waals surface area (Å²) in [4.78, 5) is 2.13. The van der Waals surface area contributed by atoms with Crippen molar-refractivity contribution in [3.05, 3.63) is 0 Å². The van der Waals surface area contributed by atoms with Gasteiger partial charge in [0.15, 0.2) is 0 Å². The largest absolute Gasteiger partial charge is 0.392 e. The maximum Gasteiger partial charge on any atom is 0.0664 e. The number of hydrogen-bond donors (Lipinski definition) is 1. The van der Waals surface area contributed by atoms with E-state index >= 15 is 0 Å². The summed E-state index contributed by atoms with van der Waals surface area (Å²) in [6.45, 7) is 5.41. The number of hydrogen-bond acceptors (Lipinski definition) is 3. The van der Waals surface area contributed by atoms with E-state index in [9.17, 15) is 5.11 Å². The summed E-state index contributed by atoms with van der Waals surface area (Å²) >= 11 is 0. The van der Waals surface area contributed by atoms with Crippen molar-refractivity contribution in [1.82, 2.24) is 4.90 Å². The van der Waals surface area contributed by atoms with Crippen LogP contribution in [-0.2, 0) is 4.74 Å². The second-order valence-electron chi connectivity index (χ2n) is 4.34. The molecule has 1 saturated carbocycles. The van der Waals surface area contributed by atoms with Crippen molar-refractivity contribution in [1.29, 1.82) is 0 Å². The smallest absolute Gasteiger partial charge is 0.0664 e. The van der Waals surface area contributed by atoms with E-state index in [1.165, 1.54) is 12.8 Å². The van der Waals surface area contributed by atoms with Gasteiger partial charge < -0.3 is 14.7 Å². The van der Waals surface area contributed by atoms with Crippen LogP contribution in [0.3, 0.4) is 0 Å². The van der Waals surface area contributed by atoms with Gasteiger partial charge in [-0.15, -0.1) is 0 Å². The fourth-order valence-electron chi connectivity index (χ4n) is 1.34. The van der Waals surface area contributed by atoms with Gasteiger partial charge in [-0.25, -0.2) is 0 Å². The molecule has 1 rings (SSSR count). The monoisotopic (exact) mass is 201 g/mol. The van der Waals surface area contributed by atoms with Gasteiger partial charge in [0.25, 0.3) is 0 Å². The molecule has 0 heterocycles. The highest BCUT2D eigenvalue weighted by atomic mass is 16.5. The summed E-state index contributed by atoms with van der Waals surface area (Å²) in [6, 6.07) is 0. The number of aliphatic hydroxyl groups is 1. The van der Waals surface area contributed by atoms with Crippen LogP contribution in [0.4, 0.5) is 0 Å². The molecule has 1 unspecified atom stereocenters. The Bertz CT molecular complexity index is 148. The van der Waals surface area contributed by atoms with Gasteiger partial charge in [0, 0.05) is 19.7 Å². The number of aliphatic hydroxyl groups excluding tert-OH is 1. The van der Waals surface area contributed by atoms with Crippen molar-refractivity contribution in [3.63, 3.8) is 0 Å². The quantitative estimate of drug-likeness (QED) is 0.597. The van der Waals surface area contributed by atoms with Gasteiger partial charge in [-0.05, 0) is 32.2 Å². The highest BCUT2D eigenvalue weighted by Gasteiger charge is 2.20. The lowest BCUT2D eigenvalue weighted by Crippen LogP contribution is -2.31. The molecule has 0 spiro atoms. The minimum Gasteiger partial charge on any atom is -0.392 e. The van der Waals surface area contributed by atoms with Crippen LogP contribution in [0.2, 0.25) is 0 Å². The Morgan fingerprint density at radius 1 is 1.50 bits per heavy atom. The summed E-state index contributed by atoms with van der Waals surface area (Å²) in [5, 5.41) is 9.40. The molecule has 14 heavy (non-hydrogen) atoms. The zero-order chi connectivity index (χ0) is 10.4. The van der Waals surface area contributed by atoms with E-state index in [4.69, 9.17) is 4.74 Å². The molecule has 0 bridgehead atoms. The third kappa shape index (κ3) is 5.58. The van der Waals surface area contributed by atoms with E-state index in [2.05, 4.69) is 4.90 Å². The van der Waals surface area contributed by atoms with Crippen LogP contribution < -0.4 is 0 Å². The molecular formula is C11H23NO2. The minimum absolute atomic E-state index is 0.191. The molecule has 1 fully saturated rings. The Labute approximate surface area is 87.1 Å². The summed E-state index contributed by atoms with van der Waals surface area (Å²) in [5.74, 6) is 0.849. The van der Waals surface area contributed by atoms with Crippen molar-refractivity contribution in [3.8, 4) is 0 Å². The first-order chi connectivity index (χ1) is 6.72. The third-order valence-corrected chi connectivity index (χ3v) is 2.66. The molecule has 0 amide bonds. The highest BCUT2D eigenvalue weighted by Crippen LogP contribution is 2.28. The predicted molar refractivity (Wildman–Crippen MR) is 57.3 cm³/mol. The third-order valence-electron chi connectivity index (χ3n) is 2.66. The lowest BCUT2D eigenvalue weighted by atomic mass is 10.2. The van der Waals surface area contributed by atoms with E-state index in [1.807, 2.05) is 14.0 Å². The van der Waals surface area contributed by atoms with Crippen molar-refractivity contribution in [2.75, 3.05) is 33.4 Å². The molecule has 1 aliphatic rings. The van der Waals surface area contributed by atoms with Gasteiger partial charge in [-0.2, -0.15) is 0 Å². The Kier molecular flexibility index (Phi) is 5.45. The van der Waals surface area contributed by atoms with Crippen LogP contribution in [0, 0.1) is 5.92 Å². The number of rotatable bonds is 8. The summed E-state index contributed by atoms with van der Waals surface area (Å²) in [7, 11) is 2.03. The predicted octanol–water partition coefficient (Wildman–Crippen LogP) is 1.12. The molecule has 1 N–H and O–H groups in total. The van der Waals surface area contributed by atoms with Crippen molar-refractivity contribution < 1.29 is 9.84 Å². The second-order valence-corrected chi connectivity index (χ2v) is 4.34. The molecule has 3 nitrogen and oxygen atoms in total. The Morgan fingerprint density at radius 2 is 2.21 bits per heavy atom. The zero-order valence-electron chi connectivity index (χ0n) is 9.41. The first-order valence-corrected chi connectivity index (χ1v) is 5.66. The zero-order valence-corrected chi connectivity index (χ0v) is 9.41. The molecule has 0 radical (unpaired) electrons. The van der Waals surface area contributed by atoms with Gasteiger partial charge in [0.1, 0.15) is 0 Å². The summed E-state index contributed by atoms with van der Waals surface area (Å²) in [6.07, 6.45) is 3.34. The van der Waals surface area contributed by atoms with Crippen molar-refractivity contribution in [2.24, 2.45) is 5.92 Å². The van der Waals surface area contributed by atoms with E-state index in [0.29, 0.717) is 0 Å². The fourth-order valence-corrected chi connectivity index (χ4v) is 1.34. The van der Waals surface area contributed by atoms with Gasteiger partial charge in [0.05, 0.1) is 12.7 Å². The SMILES string of the molecule is CCC(O)CN(C)CCOCC1CC1. The van der Waals surface area contributed by atoms with Gasteiger partial charge >= 0.3 is 0 Å². The van der Waals surface area contributed by atoms with E-state index < -0.39 is 0 Å². The van der Waals surface area contributed by atoms with Crippen LogP contribution in [0.25, 0.3) is 0 Å². The Hall–Kier alpha value is -0.120. The molecule has 0 aromatic rings. The first kappa shape index (κ1) is 12.0. The van der Waals surface area contributed by atoms with Crippen LogP contribution in [-0.4, -0.2) is 49.5 Å². The maximum absolute atomic E-state index is 9.40. The molecule has 0 aliphatic heterocycles. The Morgan fingerprint density at radius 3 is 2.79 bits per heavy atom. The number of likely N-dealkylation sites (N-methyl/N-ethyl adjacent to an activating group) is 1. The normalized spacial score (nSPS) is 18.9. The average molecular weight is 201 g/mol. The first-order valence-electron chi connectivity index (χ1n) is 5.66. The van der Waals surface area contributed by atoms with E-state index in [1.54, 1.807) is 0 Å². The van der Waals surface area contributed by atoms with E-state index in [0.717, 1.165) is 38.6 Å². The van der Waals surface area contributed by atoms with Crippen molar-refractivity contribution in [2.45, 2.75) is 32.3 Å². The van der Waals surface area contributed by atoms with Crippen LogP contribution in [0.5, 0.6) is 0 Å². The molecule has 3 heteroatoms. The number of nitrogens with zero attached hydrogens (tertiary/aromatic N) is 1. The fraction of sp³-hybridized carbons (Fsp3) is 1.00. The molecule has 1 aliphatic carbocycles. The lowest BCUT2D eigenvalue weighted by molar-refractivity contribution is 0.0784. The molecule has 1 atom stereocenters. The topological polar surface area (TPSA) is 32.7 Å². The molecular weight excluding hydrogens is 178 g/mol. The molecule has 0 aromatic heterocycles. The number of ether oxygens (including phenoxy) is 1. The lowest BCUT2D eigenvalue weighted by Gasteiger charge is -2.19. The van der Waals surface area contributed by atoms with Crippen molar-refractivity contribution >= 4 is 0 Å². The maximum atomic E-state index is 9.40. The van der Waals surface area contributed by atoms with Crippen LogP contribution >= 0.6 is 0 Å². The highest BCUT2D eigenvalue weighted by molar-refractivity contribution is 4.72. The van der Waals surface area contributed by atoms with Crippen LogP contribution in [0.1, 0.15) is 26.2 Å². The minimum atomic E-state index is -0.191. The second kappa shape index (κ2) is 6.38. The standard InChI is InChI=1S/C11H23NO2/c1-3-11(13)8-12(2)6-7-14-9-10-4-5-10/h10-11,13H,3-9H2,1-2H3. The average Bonchev–Trinajstić information content (AvgIpc) is 2.96. The molecule has 0 saturated heterocycles. The van der Waals surface area contributed by atoms with Crippen LogP contribution in [0.15, 0.2) is 0 Å².